The van der Waals surface area contributed by atoms with Gasteiger partial charge in [0.05, 0.1) is 0 Å². The lowest BCUT2D eigenvalue weighted by Crippen LogP contribution is -2.26. The third kappa shape index (κ3) is 3.48. The molecule has 1 aliphatic rings. The zero-order valence-electron chi connectivity index (χ0n) is 10.6. The Balaban J connectivity index is 1.76. The van der Waals surface area contributed by atoms with Crippen LogP contribution in [-0.2, 0) is 11.2 Å². The largest absolute Gasteiger partial charge is 0.378 e. The van der Waals surface area contributed by atoms with E-state index in [4.69, 9.17) is 0 Å². The summed E-state index contributed by atoms with van der Waals surface area (Å²) in [4.78, 5) is 13.5. The van der Waals surface area contributed by atoms with E-state index in [0.29, 0.717) is 5.92 Å². The van der Waals surface area contributed by atoms with Gasteiger partial charge in [-0.25, -0.2) is 0 Å². The molecule has 0 bridgehead atoms. The fourth-order valence-corrected chi connectivity index (χ4v) is 1.78. The number of nitrogens with one attached hydrogen (secondary N) is 1. The van der Waals surface area contributed by atoms with Gasteiger partial charge in [-0.15, -0.1) is 0 Å². The van der Waals surface area contributed by atoms with Crippen LogP contribution in [0.15, 0.2) is 24.3 Å². The van der Waals surface area contributed by atoms with Gasteiger partial charge < -0.3 is 10.2 Å². The second kappa shape index (κ2) is 5.21. The standard InChI is InChI=1S/C14H20N2O/c1-16(2)13-7-3-11(4-8-13)9-10-15-14(17)12-5-6-12/h3-4,7-8,12H,5-6,9-10H2,1-2H3,(H,15,17). The summed E-state index contributed by atoms with van der Waals surface area (Å²) in [7, 11) is 4.07. The minimum atomic E-state index is 0.231. The highest BCUT2D eigenvalue weighted by atomic mass is 16.2. The highest BCUT2D eigenvalue weighted by Crippen LogP contribution is 2.28. The molecule has 3 heteroatoms. The molecule has 1 aromatic carbocycles. The van der Waals surface area contributed by atoms with Crippen LogP contribution in [0.4, 0.5) is 5.69 Å². The van der Waals surface area contributed by atoms with Crippen molar-refractivity contribution in [1.82, 2.24) is 5.32 Å². The average molecular weight is 232 g/mol. The molecule has 92 valence electrons. The van der Waals surface area contributed by atoms with Crippen molar-refractivity contribution < 1.29 is 4.79 Å². The van der Waals surface area contributed by atoms with Crippen LogP contribution in [0.2, 0.25) is 0 Å². The topological polar surface area (TPSA) is 32.3 Å². The molecular weight excluding hydrogens is 212 g/mol. The SMILES string of the molecule is CN(C)c1ccc(CCNC(=O)C2CC2)cc1. The molecule has 0 heterocycles. The van der Waals surface area contributed by atoms with Crippen LogP contribution in [-0.4, -0.2) is 26.5 Å². The van der Waals surface area contributed by atoms with Gasteiger partial charge in [0.1, 0.15) is 0 Å². The minimum absolute atomic E-state index is 0.231. The molecule has 1 aromatic rings. The van der Waals surface area contributed by atoms with E-state index < -0.39 is 0 Å². The zero-order chi connectivity index (χ0) is 12.3. The van der Waals surface area contributed by atoms with Crippen LogP contribution in [0.1, 0.15) is 18.4 Å². The van der Waals surface area contributed by atoms with Crippen molar-refractivity contribution in [2.45, 2.75) is 19.3 Å². The Bertz CT molecular complexity index is 380. The van der Waals surface area contributed by atoms with Crippen LogP contribution in [0.5, 0.6) is 0 Å². The molecule has 17 heavy (non-hydrogen) atoms. The summed E-state index contributed by atoms with van der Waals surface area (Å²) < 4.78 is 0. The van der Waals surface area contributed by atoms with Gasteiger partial charge in [0, 0.05) is 32.2 Å². The Morgan fingerprint density at radius 1 is 1.29 bits per heavy atom. The Hall–Kier alpha value is -1.51. The molecule has 2 rings (SSSR count). The van der Waals surface area contributed by atoms with E-state index in [1.807, 2.05) is 14.1 Å². The number of anilines is 1. The highest BCUT2D eigenvalue weighted by molar-refractivity contribution is 5.80. The number of hydrogen-bond acceptors (Lipinski definition) is 2. The van der Waals surface area contributed by atoms with Crippen LogP contribution in [0.3, 0.4) is 0 Å². The second-order valence-electron chi connectivity index (χ2n) is 4.88. The van der Waals surface area contributed by atoms with Crippen molar-refractivity contribution in [2.75, 3.05) is 25.5 Å². The number of rotatable bonds is 5. The predicted molar refractivity (Wildman–Crippen MR) is 70.2 cm³/mol. The first kappa shape index (κ1) is 12.0. The van der Waals surface area contributed by atoms with Gasteiger partial charge in [0.15, 0.2) is 0 Å². The van der Waals surface area contributed by atoms with Crippen molar-refractivity contribution in [3.8, 4) is 0 Å². The van der Waals surface area contributed by atoms with E-state index in [1.165, 1.54) is 11.3 Å². The summed E-state index contributed by atoms with van der Waals surface area (Å²) in [5.41, 5.74) is 2.47. The zero-order valence-corrected chi connectivity index (χ0v) is 10.6. The Morgan fingerprint density at radius 3 is 2.47 bits per heavy atom. The molecule has 0 atom stereocenters. The van der Waals surface area contributed by atoms with Crippen LogP contribution in [0.25, 0.3) is 0 Å². The molecule has 1 amide bonds. The molecule has 1 aliphatic carbocycles. The summed E-state index contributed by atoms with van der Waals surface area (Å²) in [6.07, 6.45) is 3.05. The number of amides is 1. The maximum Gasteiger partial charge on any atom is 0.223 e. The lowest BCUT2D eigenvalue weighted by molar-refractivity contribution is -0.122. The quantitative estimate of drug-likeness (QED) is 0.840. The lowest BCUT2D eigenvalue weighted by Gasteiger charge is -2.12. The van der Waals surface area contributed by atoms with E-state index in [0.717, 1.165) is 25.8 Å². The first-order chi connectivity index (χ1) is 8.16. The number of nitrogens with zero attached hydrogens (tertiary/aromatic N) is 1. The van der Waals surface area contributed by atoms with Crippen molar-refractivity contribution in [3.63, 3.8) is 0 Å². The molecule has 1 N–H and O–H groups in total. The molecule has 0 saturated heterocycles. The number of hydrogen-bond donors (Lipinski definition) is 1. The normalized spacial score (nSPS) is 14.5. The van der Waals surface area contributed by atoms with Gasteiger partial charge >= 0.3 is 0 Å². The molecule has 0 aliphatic heterocycles. The molecule has 1 saturated carbocycles. The van der Waals surface area contributed by atoms with E-state index in [1.54, 1.807) is 0 Å². The van der Waals surface area contributed by atoms with Crippen molar-refractivity contribution in [2.24, 2.45) is 5.92 Å². The molecule has 0 unspecified atom stereocenters. The smallest absolute Gasteiger partial charge is 0.223 e. The van der Waals surface area contributed by atoms with Gasteiger partial charge in [-0.2, -0.15) is 0 Å². The lowest BCUT2D eigenvalue weighted by atomic mass is 10.1. The number of carbonyl (C=O) groups is 1. The number of benzene rings is 1. The molecule has 3 nitrogen and oxygen atoms in total. The summed E-state index contributed by atoms with van der Waals surface area (Å²) in [6.45, 7) is 0.747. The number of carbonyl (C=O) groups excluding carboxylic acids is 1. The van der Waals surface area contributed by atoms with Crippen LogP contribution in [0, 0.1) is 5.92 Å². The predicted octanol–water partition coefficient (Wildman–Crippen LogP) is 1.82. The van der Waals surface area contributed by atoms with Crippen molar-refractivity contribution in [1.29, 1.82) is 0 Å². The van der Waals surface area contributed by atoms with Crippen molar-refractivity contribution in [3.05, 3.63) is 29.8 Å². The fourth-order valence-electron chi connectivity index (χ4n) is 1.78. The molecular formula is C14H20N2O. The molecule has 0 aromatic heterocycles. The third-order valence-corrected chi connectivity index (χ3v) is 3.11. The highest BCUT2D eigenvalue weighted by Gasteiger charge is 2.28. The summed E-state index contributed by atoms with van der Waals surface area (Å²) in [6, 6.07) is 8.47. The Morgan fingerprint density at radius 2 is 1.94 bits per heavy atom. The van der Waals surface area contributed by atoms with Crippen LogP contribution < -0.4 is 10.2 Å². The molecule has 1 fully saturated rings. The van der Waals surface area contributed by atoms with Gasteiger partial charge in [-0.3, -0.25) is 4.79 Å². The summed E-state index contributed by atoms with van der Waals surface area (Å²) >= 11 is 0. The van der Waals surface area contributed by atoms with Gasteiger partial charge in [0.25, 0.3) is 0 Å². The summed E-state index contributed by atoms with van der Waals surface area (Å²) in [5.74, 6) is 0.543. The monoisotopic (exact) mass is 232 g/mol. The van der Waals surface area contributed by atoms with E-state index in [-0.39, 0.29) is 5.91 Å². The summed E-state index contributed by atoms with van der Waals surface area (Å²) in [5, 5.41) is 2.98. The minimum Gasteiger partial charge on any atom is -0.378 e. The Labute approximate surface area is 103 Å². The maximum atomic E-state index is 11.4. The third-order valence-electron chi connectivity index (χ3n) is 3.11. The fraction of sp³-hybridized carbons (Fsp3) is 0.500. The van der Waals surface area contributed by atoms with E-state index >= 15 is 0 Å². The first-order valence-electron chi connectivity index (χ1n) is 6.21. The first-order valence-corrected chi connectivity index (χ1v) is 6.21. The molecule has 0 radical (unpaired) electrons. The Kier molecular flexibility index (Phi) is 3.67. The second-order valence-corrected chi connectivity index (χ2v) is 4.88. The van der Waals surface area contributed by atoms with E-state index in [9.17, 15) is 4.79 Å². The maximum absolute atomic E-state index is 11.4. The van der Waals surface area contributed by atoms with E-state index in [2.05, 4.69) is 34.5 Å². The average Bonchev–Trinajstić information content (AvgIpc) is 3.13. The van der Waals surface area contributed by atoms with Gasteiger partial charge in [-0.1, -0.05) is 12.1 Å². The van der Waals surface area contributed by atoms with Crippen molar-refractivity contribution >= 4 is 11.6 Å². The van der Waals surface area contributed by atoms with Gasteiger partial charge in [-0.05, 0) is 37.0 Å². The van der Waals surface area contributed by atoms with Crippen LogP contribution >= 0.6 is 0 Å². The van der Waals surface area contributed by atoms with Gasteiger partial charge in [0.2, 0.25) is 5.91 Å². The molecule has 0 spiro atoms.